The van der Waals surface area contributed by atoms with Gasteiger partial charge in [-0.25, -0.2) is 13.1 Å². The molecule has 0 spiro atoms. The highest BCUT2D eigenvalue weighted by Gasteiger charge is 2.31. The number of pyridine rings is 1. The van der Waals surface area contributed by atoms with E-state index in [0.29, 0.717) is 22.3 Å². The average Bonchev–Trinajstić information content (AvgIpc) is 2.67. The van der Waals surface area contributed by atoms with Crippen molar-refractivity contribution in [2.75, 3.05) is 0 Å². The molecule has 0 aliphatic heterocycles. The molecular formula is C20H15Cl2F3N2O2S. The molecule has 1 aromatic heterocycles. The number of aromatic nitrogens is 1. The molecule has 0 bridgehead atoms. The molecule has 0 aliphatic rings. The topological polar surface area (TPSA) is 59.1 Å². The van der Waals surface area contributed by atoms with Crippen LogP contribution >= 0.6 is 23.2 Å². The van der Waals surface area contributed by atoms with Gasteiger partial charge in [0.2, 0.25) is 10.0 Å². The maximum Gasteiger partial charge on any atom is 0.417 e. The summed E-state index contributed by atoms with van der Waals surface area (Å²) in [6, 6.07) is 13.7. The molecule has 158 valence electrons. The van der Waals surface area contributed by atoms with Crippen molar-refractivity contribution in [2.24, 2.45) is 0 Å². The van der Waals surface area contributed by atoms with E-state index >= 15 is 0 Å². The third-order valence-corrected chi connectivity index (χ3v) is 6.08. The van der Waals surface area contributed by atoms with Crippen molar-refractivity contribution in [1.29, 1.82) is 0 Å². The number of alkyl halides is 3. The molecule has 1 atom stereocenters. The summed E-state index contributed by atoms with van der Waals surface area (Å²) in [4.78, 5) is 3.84. The van der Waals surface area contributed by atoms with E-state index in [1.54, 1.807) is 42.5 Å². The number of benzene rings is 2. The zero-order chi connectivity index (χ0) is 21.9. The van der Waals surface area contributed by atoms with Gasteiger partial charge in [0.1, 0.15) is 0 Å². The van der Waals surface area contributed by atoms with E-state index in [-0.39, 0.29) is 10.7 Å². The van der Waals surface area contributed by atoms with Gasteiger partial charge >= 0.3 is 6.18 Å². The highest BCUT2D eigenvalue weighted by molar-refractivity contribution is 7.88. The average molecular weight is 475 g/mol. The van der Waals surface area contributed by atoms with E-state index in [2.05, 4.69) is 9.71 Å². The quantitative estimate of drug-likeness (QED) is 0.504. The number of nitrogens with zero attached hydrogens (tertiary/aromatic N) is 1. The molecule has 1 N–H and O–H groups in total. The van der Waals surface area contributed by atoms with Crippen molar-refractivity contribution in [2.45, 2.75) is 18.0 Å². The molecular weight excluding hydrogens is 460 g/mol. The van der Waals surface area contributed by atoms with Crippen LogP contribution in [0.4, 0.5) is 13.2 Å². The molecule has 0 radical (unpaired) electrons. The van der Waals surface area contributed by atoms with Gasteiger partial charge in [0.05, 0.1) is 23.1 Å². The maximum absolute atomic E-state index is 12.9. The Hall–Kier alpha value is -2.13. The van der Waals surface area contributed by atoms with Crippen LogP contribution < -0.4 is 4.72 Å². The normalized spacial score (nSPS) is 13.2. The van der Waals surface area contributed by atoms with Crippen molar-refractivity contribution in [3.05, 3.63) is 99.3 Å². The fourth-order valence-electron chi connectivity index (χ4n) is 2.77. The predicted octanol–water partition coefficient (Wildman–Crippen LogP) is 5.62. The molecule has 2 aromatic carbocycles. The van der Waals surface area contributed by atoms with Crippen molar-refractivity contribution in [3.8, 4) is 0 Å². The summed E-state index contributed by atoms with van der Waals surface area (Å²) in [7, 11) is -3.94. The number of hydrogen-bond donors (Lipinski definition) is 1. The van der Waals surface area contributed by atoms with Crippen molar-refractivity contribution in [3.63, 3.8) is 0 Å². The zero-order valence-corrected chi connectivity index (χ0v) is 17.5. The highest BCUT2D eigenvalue weighted by Crippen LogP contribution is 2.31. The Kier molecular flexibility index (Phi) is 6.71. The molecule has 0 aliphatic carbocycles. The van der Waals surface area contributed by atoms with Crippen LogP contribution in [0, 0.1) is 0 Å². The fourth-order valence-corrected chi connectivity index (χ4v) is 4.61. The van der Waals surface area contributed by atoms with Crippen LogP contribution in [0.5, 0.6) is 0 Å². The van der Waals surface area contributed by atoms with Gasteiger partial charge in [-0.2, -0.15) is 13.2 Å². The van der Waals surface area contributed by atoms with E-state index < -0.39 is 33.6 Å². The lowest BCUT2D eigenvalue weighted by atomic mass is 10.0. The van der Waals surface area contributed by atoms with Crippen LogP contribution in [0.25, 0.3) is 0 Å². The Morgan fingerprint density at radius 3 is 2.33 bits per heavy atom. The zero-order valence-electron chi connectivity index (χ0n) is 15.2. The molecule has 1 heterocycles. The van der Waals surface area contributed by atoms with Gasteiger partial charge in [0.25, 0.3) is 0 Å². The van der Waals surface area contributed by atoms with E-state index in [9.17, 15) is 21.6 Å². The lowest BCUT2D eigenvalue weighted by molar-refractivity contribution is -0.137. The second-order valence-corrected chi connectivity index (χ2v) is 9.02. The summed E-state index contributed by atoms with van der Waals surface area (Å²) in [6.45, 7) is 0. The number of rotatable bonds is 6. The summed E-state index contributed by atoms with van der Waals surface area (Å²) in [6.07, 6.45) is -3.89. The summed E-state index contributed by atoms with van der Waals surface area (Å²) in [5, 5.41) is 0.629. The van der Waals surface area contributed by atoms with E-state index in [4.69, 9.17) is 23.2 Å². The molecule has 0 saturated carbocycles. The molecule has 0 saturated heterocycles. The number of hydrogen-bond acceptors (Lipinski definition) is 3. The molecule has 10 heteroatoms. The number of sulfonamides is 1. The third-order valence-electron chi connectivity index (χ3n) is 4.19. The first kappa shape index (κ1) is 22.6. The Balaban J connectivity index is 1.97. The van der Waals surface area contributed by atoms with Crippen LogP contribution in [-0.4, -0.2) is 13.4 Å². The Labute approximate surface area is 181 Å². The summed E-state index contributed by atoms with van der Waals surface area (Å²) < 4.78 is 66.7. The molecule has 30 heavy (non-hydrogen) atoms. The van der Waals surface area contributed by atoms with Gasteiger partial charge in [-0.1, -0.05) is 53.5 Å². The smallest absolute Gasteiger partial charge is 0.259 e. The van der Waals surface area contributed by atoms with Gasteiger partial charge in [-0.15, -0.1) is 0 Å². The molecule has 1 unspecified atom stereocenters. The molecule has 3 rings (SSSR count). The number of nitrogens with one attached hydrogen (secondary N) is 1. The molecule has 3 aromatic rings. The van der Waals surface area contributed by atoms with Gasteiger partial charge in [0, 0.05) is 16.2 Å². The Bertz CT molecular complexity index is 1140. The molecule has 0 fully saturated rings. The van der Waals surface area contributed by atoms with Gasteiger partial charge < -0.3 is 0 Å². The number of halogens is 5. The summed E-state index contributed by atoms with van der Waals surface area (Å²) >= 11 is 12.1. The SMILES string of the molecule is O=S(=O)(Cc1ccccc1Cl)NC(c1cccc(Cl)c1)c1ccc(C(F)(F)F)cn1. The first-order valence-corrected chi connectivity index (χ1v) is 11.0. The second kappa shape index (κ2) is 8.93. The lowest BCUT2D eigenvalue weighted by Gasteiger charge is -2.20. The van der Waals surface area contributed by atoms with Gasteiger partial charge in [0.15, 0.2) is 0 Å². The molecule has 0 amide bonds. The largest absolute Gasteiger partial charge is 0.417 e. The van der Waals surface area contributed by atoms with E-state index in [1.807, 2.05) is 0 Å². The minimum atomic E-state index is -4.55. The fraction of sp³-hybridized carbons (Fsp3) is 0.150. The minimum absolute atomic E-state index is 0.0907. The van der Waals surface area contributed by atoms with Crippen LogP contribution in [0.1, 0.15) is 28.4 Å². The van der Waals surface area contributed by atoms with Crippen LogP contribution in [0.15, 0.2) is 66.9 Å². The van der Waals surface area contributed by atoms with E-state index in [0.717, 1.165) is 12.1 Å². The summed E-state index contributed by atoms with van der Waals surface area (Å²) in [5.41, 5.74) is -0.0302. The van der Waals surface area contributed by atoms with Crippen LogP contribution in [-0.2, 0) is 22.0 Å². The first-order valence-electron chi connectivity index (χ1n) is 8.57. The predicted molar refractivity (Wildman–Crippen MR) is 110 cm³/mol. The van der Waals surface area contributed by atoms with Crippen molar-refractivity contribution in [1.82, 2.24) is 9.71 Å². The third kappa shape index (κ3) is 5.72. The first-order chi connectivity index (χ1) is 14.0. The minimum Gasteiger partial charge on any atom is -0.259 e. The summed E-state index contributed by atoms with van der Waals surface area (Å²) in [5.74, 6) is -0.412. The standard InChI is InChI=1S/C20H15Cl2F3N2O2S/c21-16-6-3-5-13(10-16)19(18-9-8-15(11-26-18)20(23,24)25)27-30(28,29)12-14-4-1-2-7-17(14)22/h1-11,19,27H,12H2. The Morgan fingerprint density at radius 1 is 1.00 bits per heavy atom. The monoisotopic (exact) mass is 474 g/mol. The second-order valence-electron chi connectivity index (χ2n) is 6.43. The lowest BCUT2D eigenvalue weighted by Crippen LogP contribution is -2.31. The molecule has 4 nitrogen and oxygen atoms in total. The Morgan fingerprint density at radius 2 is 1.73 bits per heavy atom. The maximum atomic E-state index is 12.9. The van der Waals surface area contributed by atoms with Crippen molar-refractivity contribution >= 4 is 33.2 Å². The van der Waals surface area contributed by atoms with E-state index in [1.165, 1.54) is 6.07 Å². The van der Waals surface area contributed by atoms with Crippen LogP contribution in [0.2, 0.25) is 10.0 Å². The van der Waals surface area contributed by atoms with Crippen LogP contribution in [0.3, 0.4) is 0 Å². The van der Waals surface area contributed by atoms with Gasteiger partial charge in [-0.3, -0.25) is 4.98 Å². The van der Waals surface area contributed by atoms with Crippen molar-refractivity contribution < 1.29 is 21.6 Å². The highest BCUT2D eigenvalue weighted by atomic mass is 35.5. The van der Waals surface area contributed by atoms with Gasteiger partial charge in [-0.05, 0) is 41.5 Å².